The fourth-order valence-corrected chi connectivity index (χ4v) is 2.38. The molecule has 0 aliphatic rings. The monoisotopic (exact) mass is 355 g/mol. The maximum Gasteiger partial charge on any atom is 0.313 e. The van der Waals surface area contributed by atoms with Crippen molar-refractivity contribution in [3.63, 3.8) is 0 Å². The number of methoxy groups -OCH3 is 1. The van der Waals surface area contributed by atoms with E-state index in [1.807, 2.05) is 19.9 Å². The van der Waals surface area contributed by atoms with E-state index in [4.69, 9.17) is 4.74 Å². The van der Waals surface area contributed by atoms with Crippen molar-refractivity contribution in [1.29, 1.82) is 0 Å². The van der Waals surface area contributed by atoms with E-state index in [2.05, 4.69) is 16.0 Å². The summed E-state index contributed by atoms with van der Waals surface area (Å²) in [4.78, 5) is 35.7. The molecule has 0 radical (unpaired) electrons. The Balaban J connectivity index is 1.84. The molecule has 7 nitrogen and oxygen atoms in total. The number of carbonyl (C=O) groups excluding carboxylic acids is 3. The average Bonchev–Trinajstić information content (AvgIpc) is 2.58. The third-order valence-electron chi connectivity index (χ3n) is 3.45. The number of amides is 3. The Hall–Kier alpha value is -3.35. The molecule has 0 bridgehead atoms. The molecule has 0 aromatic heterocycles. The Kier molecular flexibility index (Phi) is 6.32. The molecule has 0 saturated heterocycles. The van der Waals surface area contributed by atoms with Crippen LogP contribution in [0.3, 0.4) is 0 Å². The Morgan fingerprint density at radius 2 is 1.58 bits per heavy atom. The van der Waals surface area contributed by atoms with Crippen LogP contribution in [0.4, 0.5) is 11.4 Å². The van der Waals surface area contributed by atoms with E-state index >= 15 is 0 Å². The number of aryl methyl sites for hydroxylation is 2. The molecule has 2 aromatic carbocycles. The molecule has 0 atom stereocenters. The van der Waals surface area contributed by atoms with Crippen molar-refractivity contribution in [2.75, 3.05) is 24.3 Å². The van der Waals surface area contributed by atoms with Gasteiger partial charge in [0.25, 0.3) is 0 Å². The number of hydrogen-bond acceptors (Lipinski definition) is 4. The summed E-state index contributed by atoms with van der Waals surface area (Å²) in [6.07, 6.45) is 0. The zero-order valence-electron chi connectivity index (χ0n) is 14.9. The summed E-state index contributed by atoms with van der Waals surface area (Å²) in [5, 5.41) is 7.41. The highest BCUT2D eigenvalue weighted by atomic mass is 16.5. The van der Waals surface area contributed by atoms with Crippen molar-refractivity contribution < 1.29 is 19.1 Å². The standard InChI is InChI=1S/C19H21N3O4/c1-12-7-13(2)9-15(8-12)22-19(25)18(24)20-11-17(23)21-14-5-4-6-16(10-14)26-3/h4-10H,11H2,1-3H3,(H,20,24)(H,21,23)(H,22,25). The second-order valence-electron chi connectivity index (χ2n) is 5.79. The minimum Gasteiger partial charge on any atom is -0.497 e. The number of carbonyl (C=O) groups is 3. The molecular formula is C19H21N3O4. The summed E-state index contributed by atoms with van der Waals surface area (Å²) in [7, 11) is 1.52. The molecule has 2 rings (SSSR count). The summed E-state index contributed by atoms with van der Waals surface area (Å²) < 4.78 is 5.07. The Bertz CT molecular complexity index is 813. The predicted molar refractivity (Wildman–Crippen MR) is 99.2 cm³/mol. The van der Waals surface area contributed by atoms with Gasteiger partial charge in [-0.2, -0.15) is 0 Å². The van der Waals surface area contributed by atoms with Gasteiger partial charge >= 0.3 is 11.8 Å². The summed E-state index contributed by atoms with van der Waals surface area (Å²) in [6.45, 7) is 3.47. The van der Waals surface area contributed by atoms with Crippen LogP contribution in [0.2, 0.25) is 0 Å². The van der Waals surface area contributed by atoms with Crippen LogP contribution in [0.5, 0.6) is 5.75 Å². The Morgan fingerprint density at radius 1 is 0.885 bits per heavy atom. The quantitative estimate of drug-likeness (QED) is 0.715. The number of nitrogens with one attached hydrogen (secondary N) is 3. The van der Waals surface area contributed by atoms with E-state index in [0.717, 1.165) is 11.1 Å². The summed E-state index contributed by atoms with van der Waals surface area (Å²) in [6, 6.07) is 12.3. The average molecular weight is 355 g/mol. The molecule has 3 amide bonds. The largest absolute Gasteiger partial charge is 0.497 e. The third-order valence-corrected chi connectivity index (χ3v) is 3.45. The number of hydrogen-bond donors (Lipinski definition) is 3. The van der Waals surface area contributed by atoms with Crippen LogP contribution >= 0.6 is 0 Å². The molecule has 7 heteroatoms. The lowest BCUT2D eigenvalue weighted by Crippen LogP contribution is -2.39. The third kappa shape index (κ3) is 5.62. The fourth-order valence-electron chi connectivity index (χ4n) is 2.38. The van der Waals surface area contributed by atoms with Gasteiger partial charge < -0.3 is 20.7 Å². The molecule has 0 saturated carbocycles. The van der Waals surface area contributed by atoms with Gasteiger partial charge in [0.2, 0.25) is 5.91 Å². The van der Waals surface area contributed by atoms with Gasteiger partial charge in [-0.1, -0.05) is 12.1 Å². The van der Waals surface area contributed by atoms with Gasteiger partial charge in [0.05, 0.1) is 13.7 Å². The van der Waals surface area contributed by atoms with Crippen LogP contribution in [-0.4, -0.2) is 31.4 Å². The summed E-state index contributed by atoms with van der Waals surface area (Å²) >= 11 is 0. The number of ether oxygens (including phenoxy) is 1. The van der Waals surface area contributed by atoms with Crippen LogP contribution in [0.1, 0.15) is 11.1 Å². The highest BCUT2D eigenvalue weighted by Crippen LogP contribution is 2.16. The fraction of sp³-hybridized carbons (Fsp3) is 0.211. The number of anilines is 2. The highest BCUT2D eigenvalue weighted by Gasteiger charge is 2.15. The minimum absolute atomic E-state index is 0.323. The lowest BCUT2D eigenvalue weighted by atomic mass is 10.1. The lowest BCUT2D eigenvalue weighted by molar-refractivity contribution is -0.136. The van der Waals surface area contributed by atoms with Gasteiger partial charge in [-0.3, -0.25) is 14.4 Å². The molecule has 136 valence electrons. The molecule has 0 heterocycles. The van der Waals surface area contributed by atoms with Crippen LogP contribution in [0.25, 0.3) is 0 Å². The summed E-state index contributed by atoms with van der Waals surface area (Å²) in [5.74, 6) is -1.57. The molecule has 0 aliphatic carbocycles. The van der Waals surface area contributed by atoms with Gasteiger partial charge in [-0.15, -0.1) is 0 Å². The van der Waals surface area contributed by atoms with E-state index < -0.39 is 17.7 Å². The predicted octanol–water partition coefficient (Wildman–Crippen LogP) is 2.01. The van der Waals surface area contributed by atoms with Gasteiger partial charge in [-0.25, -0.2) is 0 Å². The maximum absolute atomic E-state index is 11.9. The minimum atomic E-state index is -0.884. The first-order chi connectivity index (χ1) is 12.4. The lowest BCUT2D eigenvalue weighted by Gasteiger charge is -2.09. The van der Waals surface area contributed by atoms with E-state index in [0.29, 0.717) is 17.1 Å². The first-order valence-corrected chi connectivity index (χ1v) is 7.99. The van der Waals surface area contributed by atoms with Crippen LogP contribution in [0.15, 0.2) is 42.5 Å². The van der Waals surface area contributed by atoms with Crippen molar-refractivity contribution in [3.05, 3.63) is 53.6 Å². The molecule has 0 aliphatic heterocycles. The van der Waals surface area contributed by atoms with Crippen LogP contribution in [-0.2, 0) is 14.4 Å². The summed E-state index contributed by atoms with van der Waals surface area (Å²) in [5.41, 5.74) is 3.00. The Labute approximate surface area is 151 Å². The Morgan fingerprint density at radius 3 is 2.23 bits per heavy atom. The molecule has 0 unspecified atom stereocenters. The molecule has 2 aromatic rings. The van der Waals surface area contributed by atoms with E-state index in [1.165, 1.54) is 7.11 Å². The van der Waals surface area contributed by atoms with Gasteiger partial charge in [0.15, 0.2) is 0 Å². The maximum atomic E-state index is 11.9. The number of rotatable bonds is 5. The van der Waals surface area contributed by atoms with Gasteiger partial charge in [-0.05, 0) is 49.2 Å². The molecule has 0 fully saturated rings. The van der Waals surface area contributed by atoms with Crippen molar-refractivity contribution in [1.82, 2.24) is 5.32 Å². The highest BCUT2D eigenvalue weighted by molar-refractivity contribution is 6.39. The normalized spacial score (nSPS) is 9.96. The van der Waals surface area contributed by atoms with Gasteiger partial charge in [0, 0.05) is 17.4 Å². The smallest absolute Gasteiger partial charge is 0.313 e. The van der Waals surface area contributed by atoms with Crippen molar-refractivity contribution in [3.8, 4) is 5.75 Å². The van der Waals surface area contributed by atoms with Crippen LogP contribution < -0.4 is 20.7 Å². The second kappa shape index (κ2) is 8.66. The van der Waals surface area contributed by atoms with E-state index in [-0.39, 0.29) is 6.54 Å². The zero-order valence-corrected chi connectivity index (χ0v) is 14.9. The second-order valence-corrected chi connectivity index (χ2v) is 5.79. The zero-order chi connectivity index (χ0) is 19.1. The molecule has 0 spiro atoms. The van der Waals surface area contributed by atoms with Crippen molar-refractivity contribution in [2.24, 2.45) is 0 Å². The molecule has 26 heavy (non-hydrogen) atoms. The first kappa shape index (κ1) is 19.0. The van der Waals surface area contributed by atoms with Gasteiger partial charge in [0.1, 0.15) is 5.75 Å². The molecule has 3 N–H and O–H groups in total. The first-order valence-electron chi connectivity index (χ1n) is 7.99. The number of benzene rings is 2. The SMILES string of the molecule is COc1cccc(NC(=O)CNC(=O)C(=O)Nc2cc(C)cc(C)c2)c1. The van der Waals surface area contributed by atoms with Crippen molar-refractivity contribution in [2.45, 2.75) is 13.8 Å². The van der Waals surface area contributed by atoms with Crippen molar-refractivity contribution >= 4 is 29.1 Å². The van der Waals surface area contributed by atoms with Crippen LogP contribution in [0, 0.1) is 13.8 Å². The molecular weight excluding hydrogens is 334 g/mol. The van der Waals surface area contributed by atoms with E-state index in [1.54, 1.807) is 36.4 Å². The van der Waals surface area contributed by atoms with E-state index in [9.17, 15) is 14.4 Å². The topological polar surface area (TPSA) is 96.5 Å².